The fraction of sp³-hybridized carbons (Fsp3) is 1.00. The number of hydrogen-bond acceptors (Lipinski definition) is 3. The number of rotatable bonds is 8. The lowest BCUT2D eigenvalue weighted by Crippen LogP contribution is -2.36. The SMILES string of the molecule is CCOCCS(=O)(=O)NC(C)CC(C)Cl. The molecule has 0 aliphatic rings. The number of halogens is 1. The third-order valence-electron chi connectivity index (χ3n) is 1.76. The van der Waals surface area contributed by atoms with Crippen molar-refractivity contribution in [3.63, 3.8) is 0 Å². The molecule has 0 radical (unpaired) electrons. The van der Waals surface area contributed by atoms with E-state index in [9.17, 15) is 8.42 Å². The van der Waals surface area contributed by atoms with Crippen LogP contribution in [-0.2, 0) is 14.8 Å². The fourth-order valence-electron chi connectivity index (χ4n) is 1.21. The zero-order valence-corrected chi connectivity index (χ0v) is 11.1. The van der Waals surface area contributed by atoms with Gasteiger partial charge in [-0.25, -0.2) is 13.1 Å². The van der Waals surface area contributed by atoms with Gasteiger partial charge in [0, 0.05) is 18.0 Å². The van der Waals surface area contributed by atoms with Crippen molar-refractivity contribution >= 4 is 21.6 Å². The molecule has 0 rings (SSSR count). The zero-order valence-electron chi connectivity index (χ0n) is 9.49. The smallest absolute Gasteiger partial charge is 0.214 e. The Morgan fingerprint density at radius 3 is 2.47 bits per heavy atom. The zero-order chi connectivity index (χ0) is 11.9. The summed E-state index contributed by atoms with van der Waals surface area (Å²) in [6.45, 7) is 6.24. The molecule has 0 saturated carbocycles. The molecule has 0 aromatic rings. The molecule has 0 aromatic heterocycles. The third kappa shape index (κ3) is 9.11. The van der Waals surface area contributed by atoms with Crippen LogP contribution in [-0.4, -0.2) is 38.8 Å². The van der Waals surface area contributed by atoms with E-state index in [0.29, 0.717) is 13.0 Å². The largest absolute Gasteiger partial charge is 0.381 e. The first-order valence-corrected chi connectivity index (χ1v) is 7.18. The van der Waals surface area contributed by atoms with Gasteiger partial charge in [-0.1, -0.05) is 0 Å². The van der Waals surface area contributed by atoms with Crippen LogP contribution in [0, 0.1) is 0 Å². The minimum absolute atomic E-state index is 0.00183. The third-order valence-corrected chi connectivity index (χ3v) is 3.40. The standard InChI is InChI=1S/C9H20ClNO3S/c1-4-14-5-6-15(12,13)11-9(3)7-8(2)10/h8-9,11H,4-7H2,1-3H3. The van der Waals surface area contributed by atoms with E-state index < -0.39 is 10.0 Å². The molecule has 15 heavy (non-hydrogen) atoms. The average Bonchev–Trinajstić information content (AvgIpc) is 2.00. The van der Waals surface area contributed by atoms with Crippen LogP contribution in [0.3, 0.4) is 0 Å². The number of ether oxygens (including phenoxy) is 1. The number of nitrogens with one attached hydrogen (secondary N) is 1. The van der Waals surface area contributed by atoms with Gasteiger partial charge in [0.15, 0.2) is 0 Å². The highest BCUT2D eigenvalue weighted by Crippen LogP contribution is 2.05. The van der Waals surface area contributed by atoms with Gasteiger partial charge in [-0.05, 0) is 27.2 Å². The summed E-state index contributed by atoms with van der Waals surface area (Å²) in [5.41, 5.74) is 0. The second kappa shape index (κ2) is 7.44. The molecule has 1 N–H and O–H groups in total. The van der Waals surface area contributed by atoms with Crippen LogP contribution in [0.5, 0.6) is 0 Å². The van der Waals surface area contributed by atoms with Gasteiger partial charge in [-0.15, -0.1) is 11.6 Å². The summed E-state index contributed by atoms with van der Waals surface area (Å²) in [6, 6.07) is -0.135. The Kier molecular flexibility index (Phi) is 7.52. The van der Waals surface area contributed by atoms with E-state index in [-0.39, 0.29) is 23.8 Å². The summed E-state index contributed by atoms with van der Waals surface area (Å²) in [6.07, 6.45) is 0.620. The van der Waals surface area contributed by atoms with E-state index in [4.69, 9.17) is 16.3 Å². The molecular formula is C9H20ClNO3S. The van der Waals surface area contributed by atoms with Gasteiger partial charge in [0.25, 0.3) is 0 Å². The van der Waals surface area contributed by atoms with Crippen molar-refractivity contribution in [2.75, 3.05) is 19.0 Å². The average molecular weight is 258 g/mol. The van der Waals surface area contributed by atoms with Crippen molar-refractivity contribution in [2.45, 2.75) is 38.6 Å². The van der Waals surface area contributed by atoms with E-state index in [1.54, 1.807) is 6.92 Å². The molecule has 0 fully saturated rings. The predicted octanol–water partition coefficient (Wildman–Crippen LogP) is 1.35. The molecule has 0 heterocycles. The summed E-state index contributed by atoms with van der Waals surface area (Å²) >= 11 is 5.77. The first kappa shape index (κ1) is 15.2. The molecule has 92 valence electrons. The molecule has 0 saturated heterocycles. The highest BCUT2D eigenvalue weighted by atomic mass is 35.5. The maximum Gasteiger partial charge on any atom is 0.214 e. The summed E-state index contributed by atoms with van der Waals surface area (Å²) < 4.78 is 30.5. The van der Waals surface area contributed by atoms with Gasteiger partial charge in [-0.3, -0.25) is 0 Å². The van der Waals surface area contributed by atoms with Crippen LogP contribution in [0.15, 0.2) is 0 Å². The molecule has 0 aromatic carbocycles. The van der Waals surface area contributed by atoms with Crippen LogP contribution in [0.4, 0.5) is 0 Å². The van der Waals surface area contributed by atoms with E-state index in [2.05, 4.69) is 4.72 Å². The predicted molar refractivity (Wildman–Crippen MR) is 62.8 cm³/mol. The quantitative estimate of drug-likeness (QED) is 0.528. The molecule has 0 aliphatic heterocycles. The summed E-state index contributed by atoms with van der Waals surface area (Å²) in [5.74, 6) is 0.00183. The topological polar surface area (TPSA) is 55.4 Å². The van der Waals surface area contributed by atoms with Gasteiger partial charge in [0.2, 0.25) is 10.0 Å². The van der Waals surface area contributed by atoms with E-state index in [1.165, 1.54) is 0 Å². The lowest BCUT2D eigenvalue weighted by molar-refractivity contribution is 0.163. The first-order valence-electron chi connectivity index (χ1n) is 5.09. The van der Waals surface area contributed by atoms with Crippen LogP contribution in [0.1, 0.15) is 27.2 Å². The summed E-state index contributed by atoms with van der Waals surface area (Å²) in [5, 5.41) is -0.0328. The normalized spacial score (nSPS) is 16.3. The molecule has 0 aliphatic carbocycles. The van der Waals surface area contributed by atoms with Crippen molar-refractivity contribution in [1.82, 2.24) is 4.72 Å². The molecule has 0 amide bonds. The molecule has 6 heteroatoms. The molecule has 2 atom stereocenters. The van der Waals surface area contributed by atoms with Gasteiger partial charge in [0.1, 0.15) is 0 Å². The summed E-state index contributed by atoms with van der Waals surface area (Å²) in [7, 11) is -3.23. The highest BCUT2D eigenvalue weighted by molar-refractivity contribution is 7.89. The first-order chi connectivity index (χ1) is 6.87. The molecular weight excluding hydrogens is 238 g/mol. The van der Waals surface area contributed by atoms with E-state index in [0.717, 1.165) is 0 Å². The number of alkyl halides is 1. The molecule has 4 nitrogen and oxygen atoms in total. The van der Waals surface area contributed by atoms with E-state index in [1.807, 2.05) is 13.8 Å². The van der Waals surface area contributed by atoms with Crippen molar-refractivity contribution < 1.29 is 13.2 Å². The molecule has 0 bridgehead atoms. The number of sulfonamides is 1. The van der Waals surface area contributed by atoms with Gasteiger partial charge in [-0.2, -0.15) is 0 Å². The molecule has 0 spiro atoms. The summed E-state index contributed by atoms with van der Waals surface area (Å²) in [4.78, 5) is 0. The number of hydrogen-bond donors (Lipinski definition) is 1. The lowest BCUT2D eigenvalue weighted by Gasteiger charge is -2.15. The Morgan fingerprint density at radius 1 is 1.40 bits per heavy atom. The minimum Gasteiger partial charge on any atom is -0.381 e. The second-order valence-electron chi connectivity index (χ2n) is 3.55. The minimum atomic E-state index is -3.23. The van der Waals surface area contributed by atoms with Crippen molar-refractivity contribution in [3.05, 3.63) is 0 Å². The Hall–Kier alpha value is 0.160. The van der Waals surface area contributed by atoms with Gasteiger partial charge < -0.3 is 4.74 Å². The Bertz CT molecular complexity index is 254. The highest BCUT2D eigenvalue weighted by Gasteiger charge is 2.15. The van der Waals surface area contributed by atoms with Crippen molar-refractivity contribution in [1.29, 1.82) is 0 Å². The maximum absolute atomic E-state index is 11.5. The Morgan fingerprint density at radius 2 is 2.00 bits per heavy atom. The Labute approximate surface area is 97.4 Å². The van der Waals surface area contributed by atoms with Crippen LogP contribution < -0.4 is 4.72 Å². The maximum atomic E-state index is 11.5. The van der Waals surface area contributed by atoms with Gasteiger partial charge >= 0.3 is 0 Å². The van der Waals surface area contributed by atoms with E-state index >= 15 is 0 Å². The molecule has 2 unspecified atom stereocenters. The van der Waals surface area contributed by atoms with Crippen molar-refractivity contribution in [2.24, 2.45) is 0 Å². The van der Waals surface area contributed by atoms with Crippen LogP contribution in [0.25, 0.3) is 0 Å². The second-order valence-corrected chi connectivity index (χ2v) is 6.17. The van der Waals surface area contributed by atoms with Gasteiger partial charge in [0.05, 0.1) is 12.4 Å². The lowest BCUT2D eigenvalue weighted by atomic mass is 10.2. The van der Waals surface area contributed by atoms with Crippen LogP contribution >= 0.6 is 11.6 Å². The fourth-order valence-corrected chi connectivity index (χ4v) is 2.65. The van der Waals surface area contributed by atoms with Crippen LogP contribution in [0.2, 0.25) is 0 Å². The monoisotopic (exact) mass is 257 g/mol. The Balaban J connectivity index is 3.91. The van der Waals surface area contributed by atoms with Crippen molar-refractivity contribution in [3.8, 4) is 0 Å².